The lowest BCUT2D eigenvalue weighted by atomic mass is 10.3. The molecule has 0 atom stereocenters. The second-order valence-corrected chi connectivity index (χ2v) is 6.93. The minimum absolute atomic E-state index is 0.581. The fraction of sp³-hybridized carbons (Fsp3) is 0.400. The molecular weight excluding hydrogens is 370 g/mol. The standard InChI is InChI=1S/C20H23N7O2/c1-2-7-25(6-1)17-5-3-4-16(21-17)18-22-19(26-8-12-28-13-9-26)24-20(23-18)27-10-14-29-15-11-27/h1-7H,8-15H2. The number of anilines is 2. The number of ether oxygens (including phenoxy) is 2. The Hall–Kier alpha value is -3.04. The molecule has 2 aliphatic rings. The smallest absolute Gasteiger partial charge is 0.230 e. The van der Waals surface area contributed by atoms with Crippen LogP contribution in [-0.2, 0) is 9.47 Å². The van der Waals surface area contributed by atoms with E-state index in [-0.39, 0.29) is 0 Å². The van der Waals surface area contributed by atoms with Crippen molar-refractivity contribution in [3.63, 3.8) is 0 Å². The van der Waals surface area contributed by atoms with Crippen molar-refractivity contribution >= 4 is 11.9 Å². The molecular formula is C20H23N7O2. The minimum Gasteiger partial charge on any atom is -0.378 e. The summed E-state index contributed by atoms with van der Waals surface area (Å²) in [6.45, 7) is 5.77. The zero-order valence-electron chi connectivity index (χ0n) is 16.1. The maximum absolute atomic E-state index is 5.48. The summed E-state index contributed by atoms with van der Waals surface area (Å²) in [6.07, 6.45) is 3.94. The second kappa shape index (κ2) is 8.14. The molecule has 3 aromatic rings. The van der Waals surface area contributed by atoms with E-state index < -0.39 is 0 Å². The van der Waals surface area contributed by atoms with Gasteiger partial charge in [-0.15, -0.1) is 0 Å². The van der Waals surface area contributed by atoms with Crippen LogP contribution in [0.3, 0.4) is 0 Å². The van der Waals surface area contributed by atoms with Gasteiger partial charge in [0.25, 0.3) is 0 Å². The van der Waals surface area contributed by atoms with Gasteiger partial charge in [-0.2, -0.15) is 15.0 Å². The summed E-state index contributed by atoms with van der Waals surface area (Å²) in [5, 5.41) is 0. The van der Waals surface area contributed by atoms with E-state index in [4.69, 9.17) is 29.4 Å². The van der Waals surface area contributed by atoms with E-state index in [1.807, 2.05) is 47.3 Å². The number of pyridine rings is 1. The third-order valence-corrected chi connectivity index (χ3v) is 5.03. The number of aromatic nitrogens is 5. The number of morpholine rings is 2. The normalized spacial score (nSPS) is 17.5. The fourth-order valence-electron chi connectivity index (χ4n) is 3.46. The lowest BCUT2D eigenvalue weighted by Crippen LogP contribution is -2.40. The Kier molecular flexibility index (Phi) is 5.06. The number of nitrogens with zero attached hydrogens (tertiary/aromatic N) is 7. The highest BCUT2D eigenvalue weighted by Gasteiger charge is 2.21. The molecule has 0 bridgehead atoms. The molecule has 0 N–H and O–H groups in total. The van der Waals surface area contributed by atoms with Crippen LogP contribution in [0.2, 0.25) is 0 Å². The number of rotatable bonds is 4. The number of hydrogen-bond acceptors (Lipinski definition) is 8. The SMILES string of the molecule is c1cc(-c2nc(N3CCOCC3)nc(N3CCOCC3)n2)nc(-n2cccc2)c1. The summed E-state index contributed by atoms with van der Waals surface area (Å²) in [7, 11) is 0. The molecule has 29 heavy (non-hydrogen) atoms. The van der Waals surface area contributed by atoms with Crippen LogP contribution >= 0.6 is 0 Å². The molecule has 5 heterocycles. The average molecular weight is 393 g/mol. The van der Waals surface area contributed by atoms with Gasteiger partial charge in [0.15, 0.2) is 5.82 Å². The lowest BCUT2D eigenvalue weighted by molar-refractivity contribution is 0.121. The molecule has 0 aromatic carbocycles. The van der Waals surface area contributed by atoms with Crippen LogP contribution in [-0.4, -0.2) is 77.1 Å². The van der Waals surface area contributed by atoms with Gasteiger partial charge in [-0.25, -0.2) is 4.98 Å². The first kappa shape index (κ1) is 18.0. The van der Waals surface area contributed by atoms with Gasteiger partial charge in [0.1, 0.15) is 11.5 Å². The molecule has 0 amide bonds. The highest BCUT2D eigenvalue weighted by molar-refractivity contribution is 5.56. The fourth-order valence-corrected chi connectivity index (χ4v) is 3.46. The van der Waals surface area contributed by atoms with Crippen LogP contribution in [0.5, 0.6) is 0 Å². The maximum Gasteiger partial charge on any atom is 0.230 e. The maximum atomic E-state index is 5.48. The van der Waals surface area contributed by atoms with Gasteiger partial charge in [-0.3, -0.25) is 0 Å². The van der Waals surface area contributed by atoms with Crippen molar-refractivity contribution in [1.29, 1.82) is 0 Å². The van der Waals surface area contributed by atoms with E-state index >= 15 is 0 Å². The summed E-state index contributed by atoms with van der Waals surface area (Å²) in [6, 6.07) is 9.84. The van der Waals surface area contributed by atoms with Gasteiger partial charge < -0.3 is 23.8 Å². The van der Waals surface area contributed by atoms with Crippen molar-refractivity contribution in [3.05, 3.63) is 42.7 Å². The topological polar surface area (TPSA) is 81.4 Å². The summed E-state index contributed by atoms with van der Waals surface area (Å²) in [4.78, 5) is 23.4. The van der Waals surface area contributed by atoms with Crippen molar-refractivity contribution in [2.24, 2.45) is 0 Å². The molecule has 9 nitrogen and oxygen atoms in total. The van der Waals surface area contributed by atoms with Crippen LogP contribution in [0.1, 0.15) is 0 Å². The van der Waals surface area contributed by atoms with Gasteiger partial charge in [0.05, 0.1) is 26.4 Å². The summed E-state index contributed by atoms with van der Waals surface area (Å²) in [5.41, 5.74) is 0.725. The Balaban J connectivity index is 1.55. The predicted octanol–water partition coefficient (Wildman–Crippen LogP) is 1.40. The first-order valence-electron chi connectivity index (χ1n) is 9.89. The van der Waals surface area contributed by atoms with Gasteiger partial charge in [0, 0.05) is 38.6 Å². The molecule has 3 aromatic heterocycles. The van der Waals surface area contributed by atoms with Gasteiger partial charge in [-0.1, -0.05) is 6.07 Å². The first-order chi connectivity index (χ1) is 14.4. The minimum atomic E-state index is 0.581. The van der Waals surface area contributed by atoms with Gasteiger partial charge >= 0.3 is 0 Å². The van der Waals surface area contributed by atoms with Crippen LogP contribution in [0, 0.1) is 0 Å². The third kappa shape index (κ3) is 3.92. The zero-order chi connectivity index (χ0) is 19.5. The largest absolute Gasteiger partial charge is 0.378 e. The molecule has 0 spiro atoms. The van der Waals surface area contributed by atoms with Crippen LogP contribution < -0.4 is 9.80 Å². The third-order valence-electron chi connectivity index (χ3n) is 5.03. The second-order valence-electron chi connectivity index (χ2n) is 6.93. The monoisotopic (exact) mass is 393 g/mol. The predicted molar refractivity (Wildman–Crippen MR) is 108 cm³/mol. The lowest BCUT2D eigenvalue weighted by Gasteiger charge is -2.30. The van der Waals surface area contributed by atoms with E-state index in [0.29, 0.717) is 44.1 Å². The van der Waals surface area contributed by atoms with Crippen molar-refractivity contribution in [3.8, 4) is 17.3 Å². The zero-order valence-corrected chi connectivity index (χ0v) is 16.1. The molecule has 0 unspecified atom stereocenters. The highest BCUT2D eigenvalue weighted by Crippen LogP contribution is 2.22. The molecule has 150 valence electrons. The van der Waals surface area contributed by atoms with Crippen LogP contribution in [0.25, 0.3) is 17.3 Å². The molecule has 2 fully saturated rings. The molecule has 5 rings (SSSR count). The average Bonchev–Trinajstić information content (AvgIpc) is 3.35. The van der Waals surface area contributed by atoms with Crippen molar-refractivity contribution < 1.29 is 9.47 Å². The van der Waals surface area contributed by atoms with E-state index in [9.17, 15) is 0 Å². The summed E-state index contributed by atoms with van der Waals surface area (Å²) in [5.74, 6) is 2.76. The molecule has 2 saturated heterocycles. The van der Waals surface area contributed by atoms with Gasteiger partial charge in [0.2, 0.25) is 11.9 Å². The van der Waals surface area contributed by atoms with Crippen molar-refractivity contribution in [2.45, 2.75) is 0 Å². The Morgan fingerprint density at radius 3 is 1.83 bits per heavy atom. The Morgan fingerprint density at radius 1 is 0.655 bits per heavy atom. The van der Waals surface area contributed by atoms with Crippen LogP contribution in [0.4, 0.5) is 11.9 Å². The Bertz CT molecular complexity index is 915. The highest BCUT2D eigenvalue weighted by atomic mass is 16.5. The van der Waals surface area contributed by atoms with E-state index in [2.05, 4.69) is 9.80 Å². The molecule has 9 heteroatoms. The molecule has 2 aliphatic heterocycles. The van der Waals surface area contributed by atoms with Crippen molar-refractivity contribution in [2.75, 3.05) is 62.4 Å². The molecule has 0 aliphatic carbocycles. The summed E-state index contributed by atoms with van der Waals surface area (Å²) < 4.78 is 12.9. The first-order valence-corrected chi connectivity index (χ1v) is 9.89. The Labute approximate surface area is 168 Å². The van der Waals surface area contributed by atoms with Crippen molar-refractivity contribution in [1.82, 2.24) is 24.5 Å². The Morgan fingerprint density at radius 2 is 1.24 bits per heavy atom. The van der Waals surface area contributed by atoms with E-state index in [0.717, 1.165) is 37.7 Å². The quantitative estimate of drug-likeness (QED) is 0.658. The molecule has 0 saturated carbocycles. The number of hydrogen-bond donors (Lipinski definition) is 0. The van der Waals surface area contributed by atoms with Gasteiger partial charge in [-0.05, 0) is 24.3 Å². The van der Waals surface area contributed by atoms with Crippen LogP contribution in [0.15, 0.2) is 42.7 Å². The van der Waals surface area contributed by atoms with E-state index in [1.165, 1.54) is 0 Å². The molecule has 0 radical (unpaired) electrons. The summed E-state index contributed by atoms with van der Waals surface area (Å²) >= 11 is 0. The van der Waals surface area contributed by atoms with E-state index in [1.54, 1.807) is 0 Å².